The molecule has 4 heterocycles. The zero-order chi connectivity index (χ0) is 43.0. The molecule has 1 aliphatic heterocycles. The third kappa shape index (κ3) is 5.49. The van der Waals surface area contributed by atoms with E-state index in [1.54, 1.807) is 0 Å². The SMILES string of the molecule is Cn1c(-c2cccc([Si](c3ccccc3)(c3ccccc3)c3cc4c(c5c3c3ccccc3n5-c3ccccc3)C(C)(C)c3ccccc3N4c3ccccn3)c2)nc2ccccc21. The molecule has 0 atom stereocenters. The maximum absolute atomic E-state index is 5.25. The molecule has 1 aliphatic rings. The topological polar surface area (TPSA) is 38.9 Å². The van der Waals surface area contributed by atoms with Crippen molar-refractivity contribution >= 4 is 78.9 Å². The molecule has 0 saturated carbocycles. The fourth-order valence-corrected chi connectivity index (χ4v) is 15.9. The third-order valence-corrected chi connectivity index (χ3v) is 18.4. The second-order valence-electron chi connectivity index (χ2n) is 17.4. The average molecular weight is 840 g/mol. The van der Waals surface area contributed by atoms with Crippen molar-refractivity contribution in [2.45, 2.75) is 19.3 Å². The van der Waals surface area contributed by atoms with Gasteiger partial charge in [-0.3, -0.25) is 4.90 Å². The van der Waals surface area contributed by atoms with Crippen LogP contribution in [0.15, 0.2) is 219 Å². The van der Waals surface area contributed by atoms with Gasteiger partial charge in [0.05, 0.1) is 33.4 Å². The van der Waals surface area contributed by atoms with Crippen LogP contribution in [0.1, 0.15) is 25.0 Å². The minimum absolute atomic E-state index is 0.404. The first-order valence-electron chi connectivity index (χ1n) is 22.1. The summed E-state index contributed by atoms with van der Waals surface area (Å²) >= 11 is 0. The first-order chi connectivity index (χ1) is 31.5. The summed E-state index contributed by atoms with van der Waals surface area (Å²) in [4.78, 5) is 12.8. The number of nitrogens with zero attached hydrogens (tertiary/aromatic N) is 5. The standard InChI is InChI=1S/C58H45N5Si/c1-58(2)46-31-14-17-34-49(46)63(53-36-19-20-37-59-53)51-39-52(54-45-30-13-16-33-48(45)62(56(54)55(51)58)41-23-7-4-8-24-41)64(42-25-9-5-10-26-42,43-27-11-6-12-28-43)44-29-21-22-40(38-44)57-60-47-32-15-18-35-50(47)61(57)3/h4-39H,1-3H3. The zero-order valence-corrected chi connectivity index (χ0v) is 37.0. The quantitative estimate of drug-likeness (QED) is 0.119. The van der Waals surface area contributed by atoms with E-state index in [2.05, 4.69) is 241 Å². The summed E-state index contributed by atoms with van der Waals surface area (Å²) in [7, 11) is -1.18. The summed E-state index contributed by atoms with van der Waals surface area (Å²) < 4.78 is 4.78. The molecule has 3 aromatic heterocycles. The van der Waals surface area contributed by atoms with Crippen molar-refractivity contribution in [3.05, 3.63) is 230 Å². The van der Waals surface area contributed by atoms with Crippen LogP contribution in [0.2, 0.25) is 0 Å². The Bertz CT molecular complexity index is 3500. The van der Waals surface area contributed by atoms with Gasteiger partial charge >= 0.3 is 0 Å². The molecule has 0 unspecified atom stereocenters. The van der Waals surface area contributed by atoms with Gasteiger partial charge in [0.15, 0.2) is 8.07 Å². The van der Waals surface area contributed by atoms with Gasteiger partial charge in [0.1, 0.15) is 11.6 Å². The number of aromatic nitrogens is 4. The normalized spacial score (nSPS) is 13.3. The van der Waals surface area contributed by atoms with Gasteiger partial charge in [0.25, 0.3) is 0 Å². The van der Waals surface area contributed by atoms with Crippen LogP contribution in [0.3, 0.4) is 0 Å². The lowest BCUT2D eigenvalue weighted by molar-refractivity contribution is 0.635. The maximum Gasteiger partial charge on any atom is 0.180 e. The lowest BCUT2D eigenvalue weighted by Crippen LogP contribution is -2.75. The summed E-state index contributed by atoms with van der Waals surface area (Å²) in [5, 5.41) is 7.73. The van der Waals surface area contributed by atoms with E-state index in [-0.39, 0.29) is 0 Å². The van der Waals surface area contributed by atoms with Crippen LogP contribution in [-0.4, -0.2) is 27.2 Å². The molecule has 0 N–H and O–H groups in total. The van der Waals surface area contributed by atoms with E-state index in [1.807, 2.05) is 12.3 Å². The van der Waals surface area contributed by atoms with Crippen molar-refractivity contribution in [1.29, 1.82) is 0 Å². The molecule has 8 aromatic carbocycles. The Kier molecular flexibility index (Phi) is 8.68. The van der Waals surface area contributed by atoms with E-state index < -0.39 is 13.5 Å². The van der Waals surface area contributed by atoms with Crippen LogP contribution in [0.5, 0.6) is 0 Å². The van der Waals surface area contributed by atoms with Crippen molar-refractivity contribution in [3.63, 3.8) is 0 Å². The Morgan fingerprint density at radius 1 is 0.531 bits per heavy atom. The molecule has 64 heavy (non-hydrogen) atoms. The lowest BCUT2D eigenvalue weighted by atomic mass is 9.72. The molecule has 0 aliphatic carbocycles. The molecular weight excluding hydrogens is 795 g/mol. The summed E-state index contributed by atoms with van der Waals surface area (Å²) in [6, 6.07) is 78.2. The van der Waals surface area contributed by atoms with Gasteiger partial charge in [0, 0.05) is 46.2 Å². The van der Waals surface area contributed by atoms with E-state index in [0.29, 0.717) is 0 Å². The Balaban J connectivity index is 1.32. The van der Waals surface area contributed by atoms with Crippen LogP contribution in [-0.2, 0) is 12.5 Å². The summed E-state index contributed by atoms with van der Waals surface area (Å²) in [6.45, 7) is 4.82. The molecular formula is C58H45N5Si. The minimum atomic E-state index is -3.32. The highest BCUT2D eigenvalue weighted by Gasteiger charge is 2.47. The predicted molar refractivity (Wildman–Crippen MR) is 269 cm³/mol. The molecule has 6 heteroatoms. The van der Waals surface area contributed by atoms with Crippen molar-refractivity contribution in [2.75, 3.05) is 4.90 Å². The van der Waals surface area contributed by atoms with Gasteiger partial charge in [-0.25, -0.2) is 9.97 Å². The second-order valence-corrected chi connectivity index (χ2v) is 21.2. The molecule has 0 fully saturated rings. The fourth-order valence-electron chi connectivity index (χ4n) is 10.9. The van der Waals surface area contributed by atoms with Crippen LogP contribution >= 0.6 is 0 Å². The predicted octanol–water partition coefficient (Wildman–Crippen LogP) is 11.2. The van der Waals surface area contributed by atoms with E-state index in [9.17, 15) is 0 Å². The van der Waals surface area contributed by atoms with E-state index in [4.69, 9.17) is 9.97 Å². The molecule has 0 amide bonds. The molecule has 11 aromatic rings. The highest BCUT2D eigenvalue weighted by Crippen LogP contribution is 2.54. The number of fused-ring (bicyclic) bond motifs is 7. The Hall–Kier alpha value is -7.80. The molecule has 5 nitrogen and oxygen atoms in total. The number of hydrogen-bond acceptors (Lipinski definition) is 3. The van der Waals surface area contributed by atoms with Gasteiger partial charge in [0.2, 0.25) is 0 Å². The van der Waals surface area contributed by atoms with Crippen molar-refractivity contribution in [2.24, 2.45) is 7.05 Å². The number of rotatable bonds is 7. The van der Waals surface area contributed by atoms with Gasteiger partial charge < -0.3 is 9.13 Å². The Morgan fingerprint density at radius 2 is 1.16 bits per heavy atom. The van der Waals surface area contributed by atoms with Gasteiger partial charge in [-0.1, -0.05) is 172 Å². The summed E-state index contributed by atoms with van der Waals surface area (Å²) in [5.74, 6) is 1.83. The first-order valence-corrected chi connectivity index (χ1v) is 24.1. The van der Waals surface area contributed by atoms with E-state index in [1.165, 1.54) is 53.7 Å². The highest BCUT2D eigenvalue weighted by molar-refractivity contribution is 7.21. The highest BCUT2D eigenvalue weighted by atomic mass is 28.3. The molecule has 12 rings (SSSR count). The van der Waals surface area contributed by atoms with Gasteiger partial charge in [-0.15, -0.1) is 0 Å². The third-order valence-electron chi connectivity index (χ3n) is 13.7. The first kappa shape index (κ1) is 37.9. The van der Waals surface area contributed by atoms with Crippen LogP contribution in [0.4, 0.5) is 17.2 Å². The zero-order valence-electron chi connectivity index (χ0n) is 36.0. The summed E-state index contributed by atoms with van der Waals surface area (Å²) in [5.41, 5.74) is 11.1. The molecule has 0 bridgehead atoms. The number of hydrogen-bond donors (Lipinski definition) is 0. The number of aryl methyl sites for hydroxylation is 1. The van der Waals surface area contributed by atoms with Crippen LogP contribution in [0.25, 0.3) is 49.9 Å². The Morgan fingerprint density at radius 3 is 1.88 bits per heavy atom. The molecule has 0 radical (unpaired) electrons. The van der Waals surface area contributed by atoms with E-state index >= 15 is 0 Å². The maximum atomic E-state index is 5.25. The average Bonchev–Trinajstić information content (AvgIpc) is 3.88. The monoisotopic (exact) mass is 839 g/mol. The minimum Gasteiger partial charge on any atom is -0.327 e. The van der Waals surface area contributed by atoms with Crippen molar-refractivity contribution < 1.29 is 0 Å². The van der Waals surface area contributed by atoms with E-state index in [0.717, 1.165) is 45.3 Å². The fraction of sp³-hybridized carbons (Fsp3) is 0.0690. The number of anilines is 3. The van der Waals surface area contributed by atoms with Crippen LogP contribution < -0.4 is 25.6 Å². The number of benzene rings is 8. The number of imidazole rings is 1. The van der Waals surface area contributed by atoms with Crippen molar-refractivity contribution in [3.8, 4) is 17.1 Å². The Labute approximate surface area is 374 Å². The number of pyridine rings is 1. The van der Waals surface area contributed by atoms with Gasteiger partial charge in [-0.2, -0.15) is 0 Å². The summed E-state index contributed by atoms with van der Waals surface area (Å²) in [6.07, 6.45) is 1.91. The lowest BCUT2D eigenvalue weighted by Gasteiger charge is -2.44. The molecule has 306 valence electrons. The van der Waals surface area contributed by atoms with Crippen LogP contribution in [0, 0.1) is 0 Å². The van der Waals surface area contributed by atoms with Crippen molar-refractivity contribution in [1.82, 2.24) is 19.1 Å². The molecule has 0 saturated heterocycles. The largest absolute Gasteiger partial charge is 0.327 e. The van der Waals surface area contributed by atoms with Gasteiger partial charge in [-0.05, 0) is 80.9 Å². The number of para-hydroxylation sites is 5. The smallest absolute Gasteiger partial charge is 0.180 e. The molecule has 0 spiro atoms. The second kappa shape index (κ2) is 14.7.